The van der Waals surface area contributed by atoms with Crippen LogP contribution in [0.15, 0.2) is 67.1 Å². The first-order valence-electron chi connectivity index (χ1n) is 8.13. The number of fused-ring (bicyclic) bond motifs is 1. The minimum absolute atomic E-state index is 0.0789. The summed E-state index contributed by atoms with van der Waals surface area (Å²) in [7, 11) is 0. The molecule has 0 unspecified atom stereocenters. The number of anilines is 1. The molecular weight excluding hydrogens is 350 g/mol. The molecule has 4 rings (SSSR count). The van der Waals surface area contributed by atoms with Gasteiger partial charge in [0.05, 0.1) is 11.2 Å². The molecule has 134 valence electrons. The van der Waals surface area contributed by atoms with Crippen molar-refractivity contribution in [1.82, 2.24) is 15.0 Å². The fraction of sp³-hybridized carbons (Fsp3) is 0.0500. The lowest BCUT2D eigenvalue weighted by Gasteiger charge is -2.11. The first kappa shape index (κ1) is 16.8. The molecule has 7 heteroatoms. The van der Waals surface area contributed by atoms with Crippen molar-refractivity contribution in [3.05, 3.63) is 67.1 Å². The zero-order chi connectivity index (χ0) is 18.8. The normalized spacial score (nSPS) is 11.1. The Morgan fingerprint density at radius 3 is 2.63 bits per heavy atom. The van der Waals surface area contributed by atoms with E-state index in [-0.39, 0.29) is 5.75 Å². The molecule has 5 nitrogen and oxygen atoms in total. The number of halogens is 2. The van der Waals surface area contributed by atoms with E-state index in [2.05, 4.69) is 19.7 Å². The molecule has 0 aliphatic rings. The zero-order valence-corrected chi connectivity index (χ0v) is 14.0. The van der Waals surface area contributed by atoms with E-state index in [0.717, 1.165) is 22.0 Å². The predicted molar refractivity (Wildman–Crippen MR) is 99.2 cm³/mol. The van der Waals surface area contributed by atoms with E-state index in [4.69, 9.17) is 5.73 Å². The summed E-state index contributed by atoms with van der Waals surface area (Å²) in [6, 6.07) is 15.8. The van der Waals surface area contributed by atoms with Crippen LogP contribution in [-0.2, 0) is 0 Å². The molecule has 0 fully saturated rings. The van der Waals surface area contributed by atoms with Crippen LogP contribution in [0.5, 0.6) is 5.75 Å². The Morgan fingerprint density at radius 2 is 1.78 bits per heavy atom. The highest BCUT2D eigenvalue weighted by Crippen LogP contribution is 2.34. The smallest absolute Gasteiger partial charge is 0.387 e. The molecule has 2 aromatic carbocycles. The highest BCUT2D eigenvalue weighted by molar-refractivity contribution is 5.93. The molecule has 0 atom stereocenters. The minimum atomic E-state index is -2.88. The van der Waals surface area contributed by atoms with Gasteiger partial charge in [-0.05, 0) is 35.9 Å². The molecule has 4 aromatic rings. The third kappa shape index (κ3) is 3.39. The van der Waals surface area contributed by atoms with Crippen molar-refractivity contribution >= 4 is 16.7 Å². The van der Waals surface area contributed by atoms with Gasteiger partial charge >= 0.3 is 6.61 Å². The second-order valence-corrected chi connectivity index (χ2v) is 5.80. The Hall–Kier alpha value is -3.61. The number of pyridine rings is 1. The van der Waals surface area contributed by atoms with Gasteiger partial charge in [-0.1, -0.05) is 24.3 Å². The van der Waals surface area contributed by atoms with E-state index >= 15 is 0 Å². The fourth-order valence-electron chi connectivity index (χ4n) is 2.93. The summed E-state index contributed by atoms with van der Waals surface area (Å²) in [6.07, 6.45) is 3.07. The lowest BCUT2D eigenvalue weighted by Crippen LogP contribution is -2.01. The first-order valence-corrected chi connectivity index (χ1v) is 8.13. The van der Waals surface area contributed by atoms with Crippen LogP contribution in [0.3, 0.4) is 0 Å². The Kier molecular flexibility index (Phi) is 4.33. The second-order valence-electron chi connectivity index (χ2n) is 5.80. The van der Waals surface area contributed by atoms with Crippen LogP contribution in [-0.4, -0.2) is 21.6 Å². The van der Waals surface area contributed by atoms with Gasteiger partial charge in [-0.15, -0.1) is 0 Å². The lowest BCUT2D eigenvalue weighted by atomic mass is 9.98. The van der Waals surface area contributed by atoms with Crippen molar-refractivity contribution in [2.45, 2.75) is 6.61 Å². The Labute approximate surface area is 153 Å². The van der Waals surface area contributed by atoms with E-state index in [1.807, 2.05) is 30.3 Å². The maximum atomic E-state index is 12.5. The van der Waals surface area contributed by atoms with Gasteiger partial charge in [0.1, 0.15) is 17.9 Å². The quantitative estimate of drug-likeness (QED) is 0.575. The summed E-state index contributed by atoms with van der Waals surface area (Å²) < 4.78 is 29.5. The summed E-state index contributed by atoms with van der Waals surface area (Å²) in [6.45, 7) is -2.88. The molecule has 0 bridgehead atoms. The van der Waals surface area contributed by atoms with Crippen LogP contribution in [0.2, 0.25) is 0 Å². The monoisotopic (exact) mass is 364 g/mol. The van der Waals surface area contributed by atoms with Crippen molar-refractivity contribution in [3.63, 3.8) is 0 Å². The van der Waals surface area contributed by atoms with Crippen molar-refractivity contribution in [2.75, 3.05) is 5.73 Å². The highest BCUT2D eigenvalue weighted by atomic mass is 19.3. The van der Waals surface area contributed by atoms with E-state index in [9.17, 15) is 8.78 Å². The molecule has 0 aliphatic carbocycles. The largest absolute Gasteiger partial charge is 0.435 e. The molecule has 0 saturated heterocycles. The topological polar surface area (TPSA) is 73.9 Å². The molecule has 2 aromatic heterocycles. The summed E-state index contributed by atoms with van der Waals surface area (Å²) in [5.41, 5.74) is 9.72. The summed E-state index contributed by atoms with van der Waals surface area (Å²) in [5.74, 6) is 0.467. The highest BCUT2D eigenvalue weighted by Gasteiger charge is 2.12. The van der Waals surface area contributed by atoms with Crippen molar-refractivity contribution in [2.24, 2.45) is 0 Å². The molecule has 0 spiro atoms. The van der Waals surface area contributed by atoms with Crippen LogP contribution < -0.4 is 10.5 Å². The number of rotatable bonds is 4. The number of ether oxygens (including phenoxy) is 1. The van der Waals surface area contributed by atoms with E-state index in [1.54, 1.807) is 18.3 Å². The van der Waals surface area contributed by atoms with E-state index < -0.39 is 6.61 Å². The van der Waals surface area contributed by atoms with Gasteiger partial charge in [-0.25, -0.2) is 9.97 Å². The summed E-state index contributed by atoms with van der Waals surface area (Å²) >= 11 is 0. The fourth-order valence-corrected chi connectivity index (χ4v) is 2.93. The van der Waals surface area contributed by atoms with Gasteiger partial charge in [0.25, 0.3) is 0 Å². The minimum Gasteiger partial charge on any atom is -0.435 e. The van der Waals surface area contributed by atoms with Crippen LogP contribution in [0.1, 0.15) is 0 Å². The molecular formula is C20H14F2N4O. The Balaban J connectivity index is 1.84. The summed E-state index contributed by atoms with van der Waals surface area (Å²) in [5, 5.41) is 0.736. The van der Waals surface area contributed by atoms with Crippen LogP contribution >= 0.6 is 0 Å². The maximum Gasteiger partial charge on any atom is 0.387 e. The van der Waals surface area contributed by atoms with Gasteiger partial charge in [0, 0.05) is 22.7 Å². The number of aromatic nitrogens is 3. The van der Waals surface area contributed by atoms with E-state index in [1.165, 1.54) is 18.5 Å². The van der Waals surface area contributed by atoms with Gasteiger partial charge < -0.3 is 10.5 Å². The third-order valence-corrected chi connectivity index (χ3v) is 4.12. The maximum absolute atomic E-state index is 12.5. The SMILES string of the molecule is Nc1ncnc2ccc(-c3cccnc3-c3cccc(OC(F)F)c3)cc12. The van der Waals surface area contributed by atoms with Gasteiger partial charge in [-0.2, -0.15) is 8.78 Å². The number of nitrogens with zero attached hydrogens (tertiary/aromatic N) is 3. The van der Waals surface area contributed by atoms with E-state index in [0.29, 0.717) is 17.1 Å². The van der Waals surface area contributed by atoms with Crippen molar-refractivity contribution in [1.29, 1.82) is 0 Å². The summed E-state index contributed by atoms with van der Waals surface area (Å²) in [4.78, 5) is 12.7. The molecule has 0 radical (unpaired) electrons. The number of nitrogens with two attached hydrogens (primary N) is 1. The number of alkyl halides is 2. The average molecular weight is 364 g/mol. The first-order chi connectivity index (χ1) is 13.1. The van der Waals surface area contributed by atoms with Gasteiger partial charge in [-0.3, -0.25) is 4.98 Å². The van der Waals surface area contributed by atoms with Crippen molar-refractivity contribution in [3.8, 4) is 28.1 Å². The number of hydrogen-bond donors (Lipinski definition) is 1. The number of hydrogen-bond acceptors (Lipinski definition) is 5. The molecule has 0 amide bonds. The molecule has 2 N–H and O–H groups in total. The standard InChI is InChI=1S/C20H14F2N4O/c21-20(22)27-14-4-1-3-13(9-14)18-15(5-2-8-24-18)12-6-7-17-16(10-12)19(23)26-11-25-17/h1-11,20H,(H2,23,25,26). The molecule has 0 aliphatic heterocycles. The molecule has 0 saturated carbocycles. The molecule has 27 heavy (non-hydrogen) atoms. The Morgan fingerprint density at radius 1 is 0.889 bits per heavy atom. The van der Waals surface area contributed by atoms with Crippen LogP contribution in [0.4, 0.5) is 14.6 Å². The van der Waals surface area contributed by atoms with Gasteiger partial charge in [0.15, 0.2) is 0 Å². The second kappa shape index (κ2) is 6.95. The Bertz CT molecular complexity index is 1120. The lowest BCUT2D eigenvalue weighted by molar-refractivity contribution is -0.0498. The predicted octanol–water partition coefficient (Wildman–Crippen LogP) is 4.54. The molecule has 2 heterocycles. The third-order valence-electron chi connectivity index (χ3n) is 4.12. The number of nitrogen functional groups attached to an aromatic ring is 1. The van der Waals surface area contributed by atoms with Crippen LogP contribution in [0.25, 0.3) is 33.3 Å². The van der Waals surface area contributed by atoms with Crippen molar-refractivity contribution < 1.29 is 13.5 Å². The van der Waals surface area contributed by atoms with Gasteiger partial charge in [0.2, 0.25) is 0 Å². The average Bonchev–Trinajstić information content (AvgIpc) is 2.68. The van der Waals surface area contributed by atoms with Crippen LogP contribution in [0, 0.1) is 0 Å². The number of benzene rings is 2. The zero-order valence-electron chi connectivity index (χ0n) is 14.0.